The van der Waals surface area contributed by atoms with E-state index in [0.29, 0.717) is 11.7 Å². The molecule has 0 aromatic heterocycles. The summed E-state index contributed by atoms with van der Waals surface area (Å²) < 4.78 is 0. The van der Waals surface area contributed by atoms with Crippen molar-refractivity contribution in [1.29, 1.82) is 0 Å². The normalized spacial score (nSPS) is 37.5. The van der Waals surface area contributed by atoms with E-state index >= 15 is 0 Å². The van der Waals surface area contributed by atoms with Gasteiger partial charge in [-0.1, -0.05) is 6.92 Å². The molecule has 0 saturated heterocycles. The van der Waals surface area contributed by atoms with E-state index in [1.165, 1.54) is 0 Å². The van der Waals surface area contributed by atoms with Gasteiger partial charge in [-0.3, -0.25) is 14.9 Å². The number of hydrogen-bond donors (Lipinski definition) is 0. The van der Waals surface area contributed by atoms with Crippen LogP contribution in [0.3, 0.4) is 0 Å². The zero-order valence-electron chi connectivity index (χ0n) is 8.31. The van der Waals surface area contributed by atoms with Crippen molar-refractivity contribution >= 4 is 5.78 Å². The van der Waals surface area contributed by atoms with Gasteiger partial charge in [0.25, 0.3) is 0 Å². The third-order valence-electron chi connectivity index (χ3n) is 3.76. The lowest BCUT2D eigenvalue weighted by Crippen LogP contribution is -2.31. The zero-order chi connectivity index (χ0) is 10.3. The van der Waals surface area contributed by atoms with E-state index < -0.39 is 0 Å². The summed E-state index contributed by atoms with van der Waals surface area (Å²) in [5, 5.41) is 10.4. The monoisotopic (exact) mass is 197 g/mol. The summed E-state index contributed by atoms with van der Waals surface area (Å²) in [5.74, 6) is 0.893. The fourth-order valence-corrected chi connectivity index (χ4v) is 3.20. The number of nitrogens with zero attached hydrogens (tertiary/aromatic N) is 1. The SMILES string of the molecule is C[C@@H](C[N+](=O)[O-])[C@@H]1C(=O)[C@H]2CC[C@@H]1C2. The van der Waals surface area contributed by atoms with Gasteiger partial charge in [0, 0.05) is 22.7 Å². The molecule has 0 N–H and O–H groups in total. The molecule has 4 heteroatoms. The molecular weight excluding hydrogens is 182 g/mol. The fraction of sp³-hybridized carbons (Fsp3) is 0.900. The summed E-state index contributed by atoms with van der Waals surface area (Å²) in [6.45, 7) is 1.78. The molecule has 4 nitrogen and oxygen atoms in total. The van der Waals surface area contributed by atoms with Crippen LogP contribution in [0.5, 0.6) is 0 Å². The molecule has 2 rings (SSSR count). The summed E-state index contributed by atoms with van der Waals surface area (Å²) in [7, 11) is 0. The topological polar surface area (TPSA) is 60.2 Å². The Balaban J connectivity index is 2.04. The lowest BCUT2D eigenvalue weighted by Gasteiger charge is -2.23. The third kappa shape index (κ3) is 1.42. The molecule has 0 aliphatic heterocycles. The van der Waals surface area contributed by atoms with E-state index in [1.54, 1.807) is 0 Å². The average molecular weight is 197 g/mol. The van der Waals surface area contributed by atoms with Crippen LogP contribution in [0, 0.1) is 33.8 Å². The summed E-state index contributed by atoms with van der Waals surface area (Å²) in [5.41, 5.74) is 0. The third-order valence-corrected chi connectivity index (χ3v) is 3.76. The van der Waals surface area contributed by atoms with Gasteiger partial charge in [0.2, 0.25) is 6.54 Å². The van der Waals surface area contributed by atoms with Crippen LogP contribution in [0.4, 0.5) is 0 Å². The van der Waals surface area contributed by atoms with Crippen LogP contribution in [-0.2, 0) is 4.79 Å². The van der Waals surface area contributed by atoms with Crippen molar-refractivity contribution in [3.63, 3.8) is 0 Å². The Morgan fingerprint density at radius 1 is 1.57 bits per heavy atom. The van der Waals surface area contributed by atoms with Crippen molar-refractivity contribution in [3.8, 4) is 0 Å². The number of carbonyl (C=O) groups excluding carboxylic acids is 1. The highest BCUT2D eigenvalue weighted by Gasteiger charge is 2.49. The van der Waals surface area contributed by atoms with Crippen molar-refractivity contribution in [2.75, 3.05) is 6.54 Å². The van der Waals surface area contributed by atoms with Crippen molar-refractivity contribution in [2.45, 2.75) is 26.2 Å². The molecule has 78 valence electrons. The van der Waals surface area contributed by atoms with Gasteiger partial charge in [0.05, 0.1) is 0 Å². The Kier molecular flexibility index (Phi) is 2.29. The summed E-state index contributed by atoms with van der Waals surface area (Å²) in [4.78, 5) is 21.8. The summed E-state index contributed by atoms with van der Waals surface area (Å²) in [6, 6.07) is 0. The van der Waals surface area contributed by atoms with Gasteiger partial charge < -0.3 is 0 Å². The molecule has 0 aromatic carbocycles. The van der Waals surface area contributed by atoms with E-state index in [-0.39, 0.29) is 29.2 Å². The second-order valence-corrected chi connectivity index (χ2v) is 4.69. The predicted molar refractivity (Wildman–Crippen MR) is 50.4 cm³/mol. The number of rotatable bonds is 3. The second kappa shape index (κ2) is 3.33. The van der Waals surface area contributed by atoms with Gasteiger partial charge in [-0.25, -0.2) is 0 Å². The minimum absolute atomic E-state index is 0.0147. The van der Waals surface area contributed by atoms with Gasteiger partial charge in [0.15, 0.2) is 0 Å². The predicted octanol–water partition coefficient (Wildman–Crippen LogP) is 1.51. The maximum absolute atomic E-state index is 11.8. The van der Waals surface area contributed by atoms with Crippen molar-refractivity contribution < 1.29 is 9.72 Å². The van der Waals surface area contributed by atoms with E-state index in [9.17, 15) is 14.9 Å². The van der Waals surface area contributed by atoms with Crippen LogP contribution in [-0.4, -0.2) is 17.3 Å². The van der Waals surface area contributed by atoms with Crippen molar-refractivity contribution in [1.82, 2.24) is 0 Å². The van der Waals surface area contributed by atoms with E-state index in [0.717, 1.165) is 19.3 Å². The quantitative estimate of drug-likeness (QED) is 0.509. The first-order chi connectivity index (χ1) is 6.59. The smallest absolute Gasteiger partial charge is 0.207 e. The number of Topliss-reactive ketones (excluding diaryl/α,β-unsaturated/α-hetero) is 1. The first kappa shape index (κ1) is 9.62. The number of carbonyl (C=O) groups is 1. The molecule has 0 heterocycles. The highest BCUT2D eigenvalue weighted by Crippen LogP contribution is 2.48. The lowest BCUT2D eigenvalue weighted by molar-refractivity contribution is -0.489. The maximum atomic E-state index is 11.8. The molecule has 4 atom stereocenters. The Morgan fingerprint density at radius 3 is 2.79 bits per heavy atom. The first-order valence-corrected chi connectivity index (χ1v) is 5.25. The Labute approximate surface area is 82.8 Å². The fourth-order valence-electron chi connectivity index (χ4n) is 3.20. The molecule has 2 saturated carbocycles. The number of nitro groups is 1. The van der Waals surface area contributed by atoms with Gasteiger partial charge >= 0.3 is 0 Å². The summed E-state index contributed by atoms with van der Waals surface area (Å²) in [6.07, 6.45) is 3.11. The number of fused-ring (bicyclic) bond motifs is 2. The van der Waals surface area contributed by atoms with Crippen LogP contribution in [0.2, 0.25) is 0 Å². The van der Waals surface area contributed by atoms with E-state index in [2.05, 4.69) is 0 Å². The van der Waals surface area contributed by atoms with Crippen molar-refractivity contribution in [2.24, 2.45) is 23.7 Å². The molecule has 0 radical (unpaired) electrons. The molecule has 2 bridgehead atoms. The van der Waals surface area contributed by atoms with E-state index in [1.807, 2.05) is 6.92 Å². The van der Waals surface area contributed by atoms with Crippen LogP contribution in [0.1, 0.15) is 26.2 Å². The number of hydrogen-bond acceptors (Lipinski definition) is 3. The molecule has 2 aliphatic rings. The molecule has 0 amide bonds. The highest BCUT2D eigenvalue weighted by atomic mass is 16.6. The average Bonchev–Trinajstić information content (AvgIpc) is 2.61. The first-order valence-electron chi connectivity index (χ1n) is 5.25. The van der Waals surface area contributed by atoms with Crippen LogP contribution < -0.4 is 0 Å². The van der Waals surface area contributed by atoms with Crippen LogP contribution >= 0.6 is 0 Å². The maximum Gasteiger partial charge on any atom is 0.207 e. The zero-order valence-corrected chi connectivity index (χ0v) is 8.31. The summed E-state index contributed by atoms with van der Waals surface area (Å²) >= 11 is 0. The largest absolute Gasteiger partial charge is 0.299 e. The van der Waals surface area contributed by atoms with Gasteiger partial charge in [-0.15, -0.1) is 0 Å². The molecule has 2 fully saturated rings. The van der Waals surface area contributed by atoms with Gasteiger partial charge in [-0.2, -0.15) is 0 Å². The second-order valence-electron chi connectivity index (χ2n) is 4.69. The standard InChI is InChI=1S/C10H15NO3/c1-6(5-11(13)14)9-7-2-3-8(4-7)10(9)12/h6-9H,2-5H2,1H3/t6-,7+,8-,9-/m0/s1. The van der Waals surface area contributed by atoms with E-state index in [4.69, 9.17) is 0 Å². The van der Waals surface area contributed by atoms with Crippen LogP contribution in [0.25, 0.3) is 0 Å². The molecule has 0 unspecified atom stereocenters. The van der Waals surface area contributed by atoms with Crippen molar-refractivity contribution in [3.05, 3.63) is 10.1 Å². The Morgan fingerprint density at radius 2 is 2.29 bits per heavy atom. The molecule has 0 spiro atoms. The molecule has 2 aliphatic carbocycles. The molecule has 0 aromatic rings. The Bertz CT molecular complexity index is 277. The lowest BCUT2D eigenvalue weighted by atomic mass is 9.79. The molecule has 14 heavy (non-hydrogen) atoms. The van der Waals surface area contributed by atoms with Crippen LogP contribution in [0.15, 0.2) is 0 Å². The minimum atomic E-state index is -0.302. The van der Waals surface area contributed by atoms with Gasteiger partial charge in [0.1, 0.15) is 5.78 Å². The minimum Gasteiger partial charge on any atom is -0.299 e. The number of ketones is 1. The van der Waals surface area contributed by atoms with Gasteiger partial charge in [-0.05, 0) is 25.2 Å². The Hall–Kier alpha value is -0.930. The highest BCUT2D eigenvalue weighted by molar-refractivity contribution is 5.87. The molecular formula is C10H15NO3.